The number of carbonyl (C=O) groups is 1. The molecule has 1 heterocycles. The van der Waals surface area contributed by atoms with Gasteiger partial charge in [-0.1, -0.05) is 72.8 Å². The number of anilines is 1. The Morgan fingerprint density at radius 3 is 2.38 bits per heavy atom. The third-order valence-electron chi connectivity index (χ3n) is 5.44. The first-order valence-corrected chi connectivity index (χ1v) is 10.5. The van der Waals surface area contributed by atoms with Crippen LogP contribution in [0.25, 0.3) is 27.8 Å². The number of hydrogen-bond donors (Lipinski definition) is 1. The van der Waals surface area contributed by atoms with Crippen molar-refractivity contribution in [3.63, 3.8) is 0 Å². The van der Waals surface area contributed by atoms with E-state index in [1.165, 1.54) is 0 Å². The quantitative estimate of drug-likeness (QED) is 0.392. The van der Waals surface area contributed by atoms with Crippen molar-refractivity contribution in [2.24, 2.45) is 0 Å². The van der Waals surface area contributed by atoms with E-state index in [9.17, 15) is 4.79 Å². The van der Waals surface area contributed by atoms with Gasteiger partial charge in [0.2, 0.25) is 5.82 Å². The van der Waals surface area contributed by atoms with E-state index in [1.807, 2.05) is 86.6 Å². The minimum atomic E-state index is -0.346. The molecular weight excluding hydrogens is 396 g/mol. The zero-order valence-corrected chi connectivity index (χ0v) is 17.9. The minimum absolute atomic E-state index is 0.123. The first-order valence-electron chi connectivity index (χ1n) is 10.5. The Morgan fingerprint density at radius 2 is 1.56 bits per heavy atom. The van der Waals surface area contributed by atoms with Gasteiger partial charge in [-0.05, 0) is 53.9 Å². The number of amides is 1. The molecule has 0 radical (unpaired) electrons. The fraction of sp³-hybridized carbons (Fsp3) is 0.0741. The molecule has 0 aliphatic carbocycles. The van der Waals surface area contributed by atoms with Crippen LogP contribution in [0, 0.1) is 13.8 Å². The second-order valence-corrected chi connectivity index (χ2v) is 7.84. The van der Waals surface area contributed by atoms with Crippen molar-refractivity contribution in [2.75, 3.05) is 5.32 Å². The number of benzene rings is 4. The van der Waals surface area contributed by atoms with Crippen LogP contribution in [0.1, 0.15) is 21.7 Å². The summed E-state index contributed by atoms with van der Waals surface area (Å²) in [6.07, 6.45) is 0. The summed E-state index contributed by atoms with van der Waals surface area (Å²) in [6.45, 7) is 4.06. The molecule has 0 spiro atoms. The van der Waals surface area contributed by atoms with Crippen molar-refractivity contribution in [1.29, 1.82) is 0 Å². The number of hydrogen-bond acceptors (Lipinski definition) is 3. The van der Waals surface area contributed by atoms with Crippen LogP contribution in [0.15, 0.2) is 91.0 Å². The van der Waals surface area contributed by atoms with Crippen LogP contribution in [0.4, 0.5) is 5.69 Å². The predicted molar refractivity (Wildman–Crippen MR) is 128 cm³/mol. The summed E-state index contributed by atoms with van der Waals surface area (Å²) >= 11 is 0. The number of nitrogens with one attached hydrogen (secondary N) is 1. The lowest BCUT2D eigenvalue weighted by molar-refractivity contribution is 0.101. The molecule has 0 saturated heterocycles. The van der Waals surface area contributed by atoms with E-state index in [4.69, 9.17) is 0 Å². The smallest absolute Gasteiger partial charge is 0.295 e. The molecule has 5 nitrogen and oxygen atoms in total. The highest BCUT2D eigenvalue weighted by Gasteiger charge is 2.20. The SMILES string of the molecule is Cc1ccc(C)c(-n2nc(C(=O)Nc3ccc4ccccc4c3)nc2-c2ccccc2)c1. The van der Waals surface area contributed by atoms with Crippen LogP contribution in [0.3, 0.4) is 0 Å². The molecule has 1 amide bonds. The second kappa shape index (κ2) is 8.12. The molecule has 0 bridgehead atoms. The Labute approximate surface area is 186 Å². The molecule has 5 heteroatoms. The first-order chi connectivity index (χ1) is 15.6. The summed E-state index contributed by atoms with van der Waals surface area (Å²) in [6, 6.07) is 29.8. The Bertz CT molecular complexity index is 1440. The van der Waals surface area contributed by atoms with Crippen LogP contribution in [0.5, 0.6) is 0 Å². The fourth-order valence-corrected chi connectivity index (χ4v) is 3.75. The number of carbonyl (C=O) groups excluding carboxylic acids is 1. The van der Waals surface area contributed by atoms with Gasteiger partial charge in [0.05, 0.1) is 5.69 Å². The molecule has 156 valence electrons. The molecule has 0 aliphatic rings. The second-order valence-electron chi connectivity index (χ2n) is 7.84. The normalized spacial score (nSPS) is 10.9. The molecule has 0 fully saturated rings. The molecule has 32 heavy (non-hydrogen) atoms. The lowest BCUT2D eigenvalue weighted by atomic mass is 10.1. The number of aryl methyl sites for hydroxylation is 2. The maximum Gasteiger partial charge on any atom is 0.295 e. The maximum absolute atomic E-state index is 13.1. The zero-order chi connectivity index (χ0) is 22.1. The Balaban J connectivity index is 1.55. The molecule has 1 N–H and O–H groups in total. The summed E-state index contributed by atoms with van der Waals surface area (Å²) in [4.78, 5) is 17.7. The molecule has 5 rings (SSSR count). The summed E-state index contributed by atoms with van der Waals surface area (Å²) in [5.74, 6) is 0.405. The topological polar surface area (TPSA) is 59.8 Å². The van der Waals surface area contributed by atoms with E-state index >= 15 is 0 Å². The van der Waals surface area contributed by atoms with Gasteiger partial charge in [-0.15, -0.1) is 5.10 Å². The standard InChI is InChI=1S/C27H22N4O/c1-18-12-13-19(2)24(16-18)31-26(21-9-4-3-5-10-21)29-25(30-31)27(32)28-23-15-14-20-8-6-7-11-22(20)17-23/h3-17H,1-2H3,(H,28,32). The van der Waals surface area contributed by atoms with E-state index in [1.54, 1.807) is 4.68 Å². The Morgan fingerprint density at radius 1 is 0.812 bits per heavy atom. The van der Waals surface area contributed by atoms with Gasteiger partial charge in [0.15, 0.2) is 5.82 Å². The van der Waals surface area contributed by atoms with Crippen molar-refractivity contribution >= 4 is 22.4 Å². The third-order valence-corrected chi connectivity index (χ3v) is 5.44. The highest BCUT2D eigenvalue weighted by molar-refractivity contribution is 6.03. The molecule has 0 unspecified atom stereocenters. The van der Waals surface area contributed by atoms with Gasteiger partial charge in [0, 0.05) is 11.3 Å². The Hall–Kier alpha value is -4.25. The molecule has 0 aliphatic heterocycles. The lowest BCUT2D eigenvalue weighted by Gasteiger charge is -2.10. The van der Waals surface area contributed by atoms with E-state index < -0.39 is 0 Å². The number of fused-ring (bicyclic) bond motifs is 1. The van der Waals surface area contributed by atoms with Crippen molar-refractivity contribution in [3.05, 3.63) is 108 Å². The van der Waals surface area contributed by atoms with E-state index in [0.717, 1.165) is 33.2 Å². The highest BCUT2D eigenvalue weighted by atomic mass is 16.2. The lowest BCUT2D eigenvalue weighted by Crippen LogP contribution is -2.14. The first kappa shape index (κ1) is 19.7. The summed E-state index contributed by atoms with van der Waals surface area (Å²) in [5.41, 5.74) is 4.67. The average Bonchev–Trinajstić information content (AvgIpc) is 3.27. The summed E-state index contributed by atoms with van der Waals surface area (Å²) < 4.78 is 1.76. The number of nitrogens with zero attached hydrogens (tertiary/aromatic N) is 3. The maximum atomic E-state index is 13.1. The van der Waals surface area contributed by atoms with Gasteiger partial charge < -0.3 is 5.32 Å². The Kier molecular flexibility index (Phi) is 5.00. The van der Waals surface area contributed by atoms with Crippen molar-refractivity contribution in [1.82, 2.24) is 14.8 Å². The van der Waals surface area contributed by atoms with E-state index in [-0.39, 0.29) is 11.7 Å². The van der Waals surface area contributed by atoms with Crippen LogP contribution in [0.2, 0.25) is 0 Å². The predicted octanol–water partition coefficient (Wildman–Crippen LogP) is 5.96. The number of rotatable bonds is 4. The van der Waals surface area contributed by atoms with Gasteiger partial charge in [0.1, 0.15) is 0 Å². The fourth-order valence-electron chi connectivity index (χ4n) is 3.75. The summed E-state index contributed by atoms with van der Waals surface area (Å²) in [7, 11) is 0. The van der Waals surface area contributed by atoms with Gasteiger partial charge in [-0.25, -0.2) is 9.67 Å². The summed E-state index contributed by atoms with van der Waals surface area (Å²) in [5, 5.41) is 9.73. The van der Waals surface area contributed by atoms with E-state index in [2.05, 4.69) is 33.6 Å². The van der Waals surface area contributed by atoms with Gasteiger partial charge in [-0.2, -0.15) is 0 Å². The molecule has 5 aromatic rings. The monoisotopic (exact) mass is 418 g/mol. The molecule has 0 atom stereocenters. The number of aromatic nitrogens is 3. The van der Waals surface area contributed by atoms with Crippen molar-refractivity contribution < 1.29 is 4.79 Å². The highest BCUT2D eigenvalue weighted by Crippen LogP contribution is 2.25. The van der Waals surface area contributed by atoms with Gasteiger partial charge >= 0.3 is 0 Å². The largest absolute Gasteiger partial charge is 0.319 e. The molecular formula is C27H22N4O. The van der Waals surface area contributed by atoms with E-state index in [0.29, 0.717) is 11.5 Å². The van der Waals surface area contributed by atoms with Crippen LogP contribution in [-0.4, -0.2) is 20.7 Å². The molecule has 1 aromatic heterocycles. The molecule has 0 saturated carbocycles. The minimum Gasteiger partial charge on any atom is -0.319 e. The van der Waals surface area contributed by atoms with Crippen molar-refractivity contribution in [3.8, 4) is 17.1 Å². The van der Waals surface area contributed by atoms with Crippen LogP contribution < -0.4 is 5.32 Å². The van der Waals surface area contributed by atoms with Crippen LogP contribution in [-0.2, 0) is 0 Å². The van der Waals surface area contributed by atoms with Crippen molar-refractivity contribution in [2.45, 2.75) is 13.8 Å². The average molecular weight is 419 g/mol. The van der Waals surface area contributed by atoms with Gasteiger partial charge in [-0.3, -0.25) is 4.79 Å². The zero-order valence-electron chi connectivity index (χ0n) is 17.9. The molecule has 4 aromatic carbocycles. The van der Waals surface area contributed by atoms with Gasteiger partial charge in [0.25, 0.3) is 5.91 Å². The third kappa shape index (κ3) is 3.76. The van der Waals surface area contributed by atoms with Crippen LogP contribution >= 0.6 is 0 Å².